The summed E-state index contributed by atoms with van der Waals surface area (Å²) in [4.78, 5) is 28.2. The third-order valence-electron chi connectivity index (χ3n) is 4.74. The molecule has 0 bridgehead atoms. The number of fused-ring (bicyclic) bond motifs is 1. The molecule has 6 nitrogen and oxygen atoms in total. The number of halogens is 1. The van der Waals surface area contributed by atoms with Gasteiger partial charge in [0, 0.05) is 26.2 Å². The van der Waals surface area contributed by atoms with Crippen molar-refractivity contribution in [1.82, 2.24) is 15.1 Å². The second-order valence-corrected chi connectivity index (χ2v) is 6.59. The molecule has 1 aromatic rings. The molecule has 0 aromatic heterocycles. The maximum Gasteiger partial charge on any atom is 0.248 e. The van der Waals surface area contributed by atoms with Gasteiger partial charge in [0.2, 0.25) is 11.8 Å². The highest BCUT2D eigenvalue weighted by atomic mass is 19.1. The summed E-state index contributed by atoms with van der Waals surface area (Å²) in [6, 6.07) is 3.70. The van der Waals surface area contributed by atoms with E-state index in [4.69, 9.17) is 0 Å². The molecule has 2 fully saturated rings. The molecular formula is C17H22FN3O3. The number of nitrogens with zero attached hydrogens (tertiary/aromatic N) is 2. The molecule has 2 saturated heterocycles. The molecule has 0 spiro atoms. The van der Waals surface area contributed by atoms with E-state index < -0.39 is 18.2 Å². The van der Waals surface area contributed by atoms with Crippen molar-refractivity contribution in [2.45, 2.75) is 38.6 Å². The molecule has 7 heteroatoms. The van der Waals surface area contributed by atoms with Gasteiger partial charge in [0.05, 0.1) is 6.10 Å². The molecule has 24 heavy (non-hydrogen) atoms. The van der Waals surface area contributed by atoms with Crippen LogP contribution in [0.2, 0.25) is 0 Å². The van der Waals surface area contributed by atoms with Crippen molar-refractivity contribution in [3.63, 3.8) is 0 Å². The van der Waals surface area contributed by atoms with Crippen LogP contribution < -0.4 is 5.32 Å². The van der Waals surface area contributed by atoms with Gasteiger partial charge in [-0.2, -0.15) is 0 Å². The number of aryl methyl sites for hydroxylation is 1. The van der Waals surface area contributed by atoms with E-state index in [0.717, 1.165) is 5.56 Å². The van der Waals surface area contributed by atoms with Gasteiger partial charge in [-0.05, 0) is 31.0 Å². The Labute approximate surface area is 140 Å². The molecule has 2 aliphatic rings. The Morgan fingerprint density at radius 2 is 2.12 bits per heavy atom. The number of aliphatic hydroxyl groups excluding tert-OH is 1. The summed E-state index contributed by atoms with van der Waals surface area (Å²) in [5, 5.41) is 12.2. The molecule has 3 atom stereocenters. The van der Waals surface area contributed by atoms with Crippen LogP contribution in [0.1, 0.15) is 18.1 Å². The highest BCUT2D eigenvalue weighted by molar-refractivity contribution is 5.97. The number of rotatable bonds is 3. The minimum atomic E-state index is -0.920. The van der Waals surface area contributed by atoms with Crippen LogP contribution in [0.15, 0.2) is 18.2 Å². The first-order valence-electron chi connectivity index (χ1n) is 8.13. The van der Waals surface area contributed by atoms with Crippen LogP contribution in [0.5, 0.6) is 0 Å². The predicted octanol–water partition coefficient (Wildman–Crippen LogP) is 0.0261. The molecule has 0 saturated carbocycles. The van der Waals surface area contributed by atoms with Gasteiger partial charge in [-0.25, -0.2) is 4.39 Å². The topological polar surface area (TPSA) is 72.9 Å². The van der Waals surface area contributed by atoms with Gasteiger partial charge in [-0.1, -0.05) is 12.1 Å². The highest BCUT2D eigenvalue weighted by Crippen LogP contribution is 2.20. The Morgan fingerprint density at radius 3 is 2.79 bits per heavy atom. The van der Waals surface area contributed by atoms with E-state index in [9.17, 15) is 19.1 Å². The molecule has 1 aromatic carbocycles. The molecule has 2 N–H and O–H groups in total. The monoisotopic (exact) mass is 335 g/mol. The standard InChI is InChI=1S/C17H22FN3O3/c1-10-3-4-12(7-13(10)18)8-20-5-6-21-14(9-20)16(23)19-15(11(2)22)17(21)24/h3-4,7,11,14-15,22H,5-6,8-9H2,1-2H3,(H,19,23)/t11-,14+,15+/m0/s1. The summed E-state index contributed by atoms with van der Waals surface area (Å²) >= 11 is 0. The largest absolute Gasteiger partial charge is 0.391 e. The zero-order valence-corrected chi connectivity index (χ0v) is 13.8. The van der Waals surface area contributed by atoms with Gasteiger partial charge in [0.25, 0.3) is 0 Å². The lowest BCUT2D eigenvalue weighted by Crippen LogP contribution is -2.70. The van der Waals surface area contributed by atoms with E-state index in [2.05, 4.69) is 5.32 Å². The van der Waals surface area contributed by atoms with Gasteiger partial charge >= 0.3 is 0 Å². The highest BCUT2D eigenvalue weighted by Gasteiger charge is 2.44. The predicted molar refractivity (Wildman–Crippen MR) is 85.5 cm³/mol. The van der Waals surface area contributed by atoms with Crippen molar-refractivity contribution in [2.24, 2.45) is 0 Å². The van der Waals surface area contributed by atoms with E-state index in [-0.39, 0.29) is 17.6 Å². The fraction of sp³-hybridized carbons (Fsp3) is 0.529. The lowest BCUT2D eigenvalue weighted by molar-refractivity contribution is -0.156. The van der Waals surface area contributed by atoms with Gasteiger partial charge in [-0.3, -0.25) is 14.5 Å². The molecule has 2 aliphatic heterocycles. The zero-order chi connectivity index (χ0) is 17.4. The van der Waals surface area contributed by atoms with Crippen molar-refractivity contribution >= 4 is 11.8 Å². The third kappa shape index (κ3) is 3.14. The zero-order valence-electron chi connectivity index (χ0n) is 13.8. The van der Waals surface area contributed by atoms with Crippen LogP contribution in [-0.4, -0.2) is 64.5 Å². The van der Waals surface area contributed by atoms with Crippen LogP contribution in [0.25, 0.3) is 0 Å². The first kappa shape index (κ1) is 16.9. The molecule has 2 heterocycles. The normalized spacial score (nSPS) is 26.1. The smallest absolute Gasteiger partial charge is 0.248 e. The Hall–Kier alpha value is -1.99. The minimum absolute atomic E-state index is 0.239. The Balaban J connectivity index is 1.69. The number of piperazine rings is 2. The van der Waals surface area contributed by atoms with Crippen LogP contribution in [0.3, 0.4) is 0 Å². The molecule has 130 valence electrons. The Kier molecular flexibility index (Phi) is 4.56. The third-order valence-corrected chi connectivity index (χ3v) is 4.74. The lowest BCUT2D eigenvalue weighted by atomic mass is 10.0. The van der Waals surface area contributed by atoms with Crippen molar-refractivity contribution < 1.29 is 19.1 Å². The molecule has 0 aliphatic carbocycles. The molecule has 0 radical (unpaired) electrons. The molecular weight excluding hydrogens is 313 g/mol. The fourth-order valence-corrected chi connectivity index (χ4v) is 3.28. The van der Waals surface area contributed by atoms with Gasteiger partial charge < -0.3 is 15.3 Å². The Morgan fingerprint density at radius 1 is 1.38 bits per heavy atom. The Bertz CT molecular complexity index is 664. The number of carbonyl (C=O) groups excluding carboxylic acids is 2. The van der Waals surface area contributed by atoms with Gasteiger partial charge in [0.15, 0.2) is 0 Å². The maximum absolute atomic E-state index is 13.7. The fourth-order valence-electron chi connectivity index (χ4n) is 3.28. The van der Waals surface area contributed by atoms with Crippen LogP contribution in [0, 0.1) is 12.7 Å². The lowest BCUT2D eigenvalue weighted by Gasteiger charge is -2.45. The first-order valence-corrected chi connectivity index (χ1v) is 8.13. The van der Waals surface area contributed by atoms with Gasteiger partial charge in [-0.15, -0.1) is 0 Å². The average Bonchev–Trinajstić information content (AvgIpc) is 2.54. The molecule has 0 unspecified atom stereocenters. The molecule has 3 rings (SSSR count). The maximum atomic E-state index is 13.7. The van der Waals surface area contributed by atoms with E-state index in [1.165, 1.54) is 13.0 Å². The number of amides is 2. The van der Waals surface area contributed by atoms with Crippen molar-refractivity contribution in [3.8, 4) is 0 Å². The molecule has 2 amide bonds. The van der Waals surface area contributed by atoms with Crippen molar-refractivity contribution in [1.29, 1.82) is 0 Å². The number of benzene rings is 1. The van der Waals surface area contributed by atoms with E-state index in [1.807, 2.05) is 11.0 Å². The second kappa shape index (κ2) is 6.49. The second-order valence-electron chi connectivity index (χ2n) is 6.59. The summed E-state index contributed by atoms with van der Waals surface area (Å²) in [5.41, 5.74) is 1.45. The van der Waals surface area contributed by atoms with E-state index >= 15 is 0 Å². The van der Waals surface area contributed by atoms with E-state index in [0.29, 0.717) is 31.7 Å². The summed E-state index contributed by atoms with van der Waals surface area (Å²) in [6.07, 6.45) is -0.920. The first-order chi connectivity index (χ1) is 11.4. The average molecular weight is 335 g/mol. The van der Waals surface area contributed by atoms with Gasteiger partial charge in [0.1, 0.15) is 17.9 Å². The summed E-state index contributed by atoms with van der Waals surface area (Å²) in [6.45, 7) is 5.17. The summed E-state index contributed by atoms with van der Waals surface area (Å²) in [5.74, 6) is -0.729. The SMILES string of the molecule is Cc1ccc(CN2CCN3C(=O)[C@@H]([C@H](C)O)NC(=O)[C@H]3C2)cc1F. The van der Waals surface area contributed by atoms with Crippen LogP contribution in [0.4, 0.5) is 4.39 Å². The number of hydrogen-bond acceptors (Lipinski definition) is 4. The van der Waals surface area contributed by atoms with E-state index in [1.54, 1.807) is 17.9 Å². The number of nitrogens with one attached hydrogen (secondary N) is 1. The van der Waals surface area contributed by atoms with Crippen molar-refractivity contribution in [3.05, 3.63) is 35.1 Å². The van der Waals surface area contributed by atoms with Crippen LogP contribution in [-0.2, 0) is 16.1 Å². The van der Waals surface area contributed by atoms with Crippen LogP contribution >= 0.6 is 0 Å². The quantitative estimate of drug-likeness (QED) is 0.817. The number of aliphatic hydroxyl groups is 1. The number of carbonyl (C=O) groups is 2. The number of hydrogen-bond donors (Lipinski definition) is 2. The summed E-state index contributed by atoms with van der Waals surface area (Å²) in [7, 11) is 0. The minimum Gasteiger partial charge on any atom is -0.391 e. The summed E-state index contributed by atoms with van der Waals surface area (Å²) < 4.78 is 13.7. The van der Waals surface area contributed by atoms with Crippen molar-refractivity contribution in [2.75, 3.05) is 19.6 Å².